The minimum atomic E-state index is -1.21. The standard InChI is InChI=1S/C7H6BrN3O2S/c8-4-2-1-3-5(9-4)10-6(14)11-7(12)13/h1-3H,(H,12,13)(H2,9,10,11,14). The molecule has 0 aromatic carbocycles. The molecule has 1 heterocycles. The van der Waals surface area contributed by atoms with Crippen molar-refractivity contribution in [3.05, 3.63) is 22.8 Å². The number of rotatable bonds is 1. The summed E-state index contributed by atoms with van der Waals surface area (Å²) < 4.78 is 0.639. The van der Waals surface area contributed by atoms with E-state index in [1.807, 2.05) is 5.32 Å². The molecule has 1 rings (SSSR count). The molecule has 74 valence electrons. The molecule has 3 N–H and O–H groups in total. The molecule has 0 spiro atoms. The first-order valence-corrected chi connectivity index (χ1v) is 4.71. The predicted molar refractivity (Wildman–Crippen MR) is 59.3 cm³/mol. The quantitative estimate of drug-likeness (QED) is 0.539. The second kappa shape index (κ2) is 4.87. The normalized spacial score (nSPS) is 9.21. The molecule has 0 saturated heterocycles. The van der Waals surface area contributed by atoms with Gasteiger partial charge in [0, 0.05) is 0 Å². The van der Waals surface area contributed by atoms with Gasteiger partial charge in [-0.05, 0) is 40.3 Å². The van der Waals surface area contributed by atoms with Gasteiger partial charge in [0.1, 0.15) is 10.4 Å². The summed E-state index contributed by atoms with van der Waals surface area (Å²) in [6.45, 7) is 0. The minimum absolute atomic E-state index is 0.0110. The van der Waals surface area contributed by atoms with Crippen LogP contribution in [0.1, 0.15) is 0 Å². The lowest BCUT2D eigenvalue weighted by atomic mass is 10.5. The summed E-state index contributed by atoms with van der Waals surface area (Å²) in [5, 5.41) is 12.9. The van der Waals surface area contributed by atoms with E-state index in [1.165, 1.54) is 0 Å². The second-order valence-electron chi connectivity index (χ2n) is 2.23. The van der Waals surface area contributed by atoms with E-state index in [1.54, 1.807) is 18.2 Å². The van der Waals surface area contributed by atoms with Gasteiger partial charge in [-0.2, -0.15) is 0 Å². The number of anilines is 1. The zero-order valence-electron chi connectivity index (χ0n) is 6.82. The van der Waals surface area contributed by atoms with Gasteiger partial charge in [-0.25, -0.2) is 9.78 Å². The maximum absolute atomic E-state index is 10.2. The fourth-order valence-corrected chi connectivity index (χ4v) is 1.26. The highest BCUT2D eigenvalue weighted by Crippen LogP contribution is 2.09. The average Bonchev–Trinajstić information content (AvgIpc) is 2.01. The van der Waals surface area contributed by atoms with Gasteiger partial charge < -0.3 is 10.4 Å². The summed E-state index contributed by atoms with van der Waals surface area (Å²) in [6, 6.07) is 5.17. The van der Waals surface area contributed by atoms with E-state index < -0.39 is 6.09 Å². The third kappa shape index (κ3) is 3.67. The van der Waals surface area contributed by atoms with Crippen molar-refractivity contribution in [3.8, 4) is 0 Å². The monoisotopic (exact) mass is 275 g/mol. The van der Waals surface area contributed by atoms with Crippen LogP contribution in [-0.2, 0) is 0 Å². The molecule has 0 bridgehead atoms. The maximum atomic E-state index is 10.2. The number of amides is 1. The Labute approximate surface area is 93.7 Å². The number of nitrogens with zero attached hydrogens (tertiary/aromatic N) is 1. The topological polar surface area (TPSA) is 74.2 Å². The Morgan fingerprint density at radius 3 is 2.86 bits per heavy atom. The van der Waals surface area contributed by atoms with Gasteiger partial charge in [0.2, 0.25) is 0 Å². The van der Waals surface area contributed by atoms with Crippen molar-refractivity contribution in [2.45, 2.75) is 0 Å². The Morgan fingerprint density at radius 1 is 1.57 bits per heavy atom. The molecule has 0 radical (unpaired) electrons. The van der Waals surface area contributed by atoms with E-state index in [9.17, 15) is 4.79 Å². The first kappa shape index (κ1) is 10.9. The first-order valence-electron chi connectivity index (χ1n) is 3.51. The van der Waals surface area contributed by atoms with E-state index >= 15 is 0 Å². The number of hydrogen-bond acceptors (Lipinski definition) is 3. The fraction of sp³-hybridized carbons (Fsp3) is 0. The number of nitrogens with one attached hydrogen (secondary N) is 2. The lowest BCUT2D eigenvalue weighted by Crippen LogP contribution is -2.32. The van der Waals surface area contributed by atoms with Gasteiger partial charge in [-0.1, -0.05) is 6.07 Å². The Morgan fingerprint density at radius 2 is 2.29 bits per heavy atom. The summed E-state index contributed by atoms with van der Waals surface area (Å²) in [7, 11) is 0. The van der Waals surface area contributed by atoms with Crippen molar-refractivity contribution in [3.63, 3.8) is 0 Å². The van der Waals surface area contributed by atoms with Gasteiger partial charge in [0.05, 0.1) is 0 Å². The number of hydrogen-bond donors (Lipinski definition) is 3. The van der Waals surface area contributed by atoms with Crippen LogP contribution in [-0.4, -0.2) is 21.3 Å². The molecule has 1 aromatic rings. The molecule has 0 saturated carbocycles. The van der Waals surface area contributed by atoms with Crippen LogP contribution in [0.2, 0.25) is 0 Å². The Hall–Kier alpha value is -1.21. The van der Waals surface area contributed by atoms with E-state index in [0.717, 1.165) is 0 Å². The van der Waals surface area contributed by atoms with E-state index in [0.29, 0.717) is 10.4 Å². The Bertz CT molecular complexity index is 372. The number of thiocarbonyl (C=S) groups is 1. The number of aromatic nitrogens is 1. The van der Waals surface area contributed by atoms with Crippen LogP contribution in [0.15, 0.2) is 22.8 Å². The molecule has 0 aliphatic rings. The van der Waals surface area contributed by atoms with Gasteiger partial charge in [0.25, 0.3) is 0 Å². The number of carbonyl (C=O) groups is 1. The molecule has 0 fully saturated rings. The largest absolute Gasteiger partial charge is 0.465 e. The lowest BCUT2D eigenvalue weighted by molar-refractivity contribution is 0.200. The third-order valence-corrected chi connectivity index (χ3v) is 1.82. The van der Waals surface area contributed by atoms with E-state index in [2.05, 4.69) is 26.2 Å². The van der Waals surface area contributed by atoms with E-state index in [4.69, 9.17) is 17.3 Å². The van der Waals surface area contributed by atoms with Crippen LogP contribution in [0.25, 0.3) is 0 Å². The molecule has 0 atom stereocenters. The molecule has 0 unspecified atom stereocenters. The molecule has 0 aliphatic carbocycles. The number of halogens is 1. The van der Waals surface area contributed by atoms with Gasteiger partial charge >= 0.3 is 6.09 Å². The van der Waals surface area contributed by atoms with Gasteiger partial charge in [0.15, 0.2) is 5.11 Å². The average molecular weight is 276 g/mol. The fourth-order valence-electron chi connectivity index (χ4n) is 0.723. The summed E-state index contributed by atoms with van der Waals surface area (Å²) in [4.78, 5) is 14.2. The zero-order chi connectivity index (χ0) is 10.6. The zero-order valence-corrected chi connectivity index (χ0v) is 9.22. The number of pyridine rings is 1. The van der Waals surface area contributed by atoms with Crippen molar-refractivity contribution in [1.29, 1.82) is 0 Å². The summed E-state index contributed by atoms with van der Waals surface area (Å²) in [5.41, 5.74) is 0. The summed E-state index contributed by atoms with van der Waals surface area (Å²) >= 11 is 7.87. The highest BCUT2D eigenvalue weighted by Gasteiger charge is 2.01. The van der Waals surface area contributed by atoms with Crippen LogP contribution >= 0.6 is 28.1 Å². The van der Waals surface area contributed by atoms with Crippen LogP contribution in [0.3, 0.4) is 0 Å². The van der Waals surface area contributed by atoms with Crippen LogP contribution in [0.5, 0.6) is 0 Å². The molecular formula is C7H6BrN3O2S. The third-order valence-electron chi connectivity index (χ3n) is 1.18. The molecule has 1 amide bonds. The molecule has 5 nitrogen and oxygen atoms in total. The molecule has 1 aromatic heterocycles. The molecule has 7 heteroatoms. The minimum Gasteiger partial charge on any atom is -0.465 e. The molecule has 0 aliphatic heterocycles. The second-order valence-corrected chi connectivity index (χ2v) is 3.45. The Kier molecular flexibility index (Phi) is 3.78. The van der Waals surface area contributed by atoms with Gasteiger partial charge in [-0.3, -0.25) is 5.32 Å². The van der Waals surface area contributed by atoms with Crippen LogP contribution in [0, 0.1) is 0 Å². The molecular weight excluding hydrogens is 270 g/mol. The maximum Gasteiger partial charge on any atom is 0.410 e. The van der Waals surface area contributed by atoms with Crippen LogP contribution < -0.4 is 10.6 Å². The van der Waals surface area contributed by atoms with Crippen molar-refractivity contribution in [2.24, 2.45) is 0 Å². The van der Waals surface area contributed by atoms with Crippen LogP contribution in [0.4, 0.5) is 10.6 Å². The van der Waals surface area contributed by atoms with E-state index in [-0.39, 0.29) is 5.11 Å². The first-order chi connectivity index (χ1) is 6.58. The predicted octanol–water partition coefficient (Wildman–Crippen LogP) is 1.81. The lowest BCUT2D eigenvalue weighted by Gasteiger charge is -2.05. The SMILES string of the molecule is O=C(O)NC(=S)Nc1cccc(Br)n1. The smallest absolute Gasteiger partial charge is 0.410 e. The van der Waals surface area contributed by atoms with Crippen molar-refractivity contribution >= 4 is 45.2 Å². The van der Waals surface area contributed by atoms with Gasteiger partial charge in [-0.15, -0.1) is 0 Å². The number of carboxylic acid groups (broad SMARTS) is 1. The summed E-state index contributed by atoms with van der Waals surface area (Å²) in [5.74, 6) is 0.470. The molecule has 14 heavy (non-hydrogen) atoms. The highest BCUT2D eigenvalue weighted by atomic mass is 79.9. The summed E-state index contributed by atoms with van der Waals surface area (Å²) in [6.07, 6.45) is -1.21. The van der Waals surface area contributed by atoms with Crippen molar-refractivity contribution < 1.29 is 9.90 Å². The van der Waals surface area contributed by atoms with Crippen molar-refractivity contribution in [1.82, 2.24) is 10.3 Å². The Balaban J connectivity index is 2.60. The van der Waals surface area contributed by atoms with Crippen molar-refractivity contribution in [2.75, 3.05) is 5.32 Å². The highest BCUT2D eigenvalue weighted by molar-refractivity contribution is 9.10.